The third-order valence-corrected chi connectivity index (χ3v) is 14.4. The van der Waals surface area contributed by atoms with E-state index in [4.69, 9.17) is 9.47 Å². The van der Waals surface area contributed by atoms with Gasteiger partial charge in [-0.1, -0.05) is 85.2 Å². The minimum absolute atomic E-state index is 0.00154. The first-order valence-electron chi connectivity index (χ1n) is 21.3. The average molecular weight is 849 g/mol. The van der Waals surface area contributed by atoms with Gasteiger partial charge in [-0.2, -0.15) is 0 Å². The number of ether oxygens (including phenoxy) is 2. The molecule has 334 valence electrons. The molecule has 1 aromatic rings. The summed E-state index contributed by atoms with van der Waals surface area (Å²) in [4.78, 5) is 72.6. The Morgan fingerprint density at radius 3 is 2.05 bits per heavy atom. The highest BCUT2D eigenvalue weighted by molar-refractivity contribution is 7.90. The highest BCUT2D eigenvalue weighted by Crippen LogP contribution is 2.32. The van der Waals surface area contributed by atoms with Gasteiger partial charge < -0.3 is 29.7 Å². The van der Waals surface area contributed by atoms with Crippen molar-refractivity contribution in [3.63, 3.8) is 0 Å². The maximum Gasteiger partial charge on any atom is 0.237 e. The van der Waals surface area contributed by atoms with Crippen molar-refractivity contribution >= 4 is 39.3 Å². The molecule has 0 aromatic heterocycles. The Morgan fingerprint density at radius 1 is 0.915 bits per heavy atom. The molecule has 0 bridgehead atoms. The van der Waals surface area contributed by atoms with Crippen LogP contribution in [0, 0.1) is 35.5 Å². The molecule has 3 amide bonds. The summed E-state index contributed by atoms with van der Waals surface area (Å²) >= 11 is 0. The van der Waals surface area contributed by atoms with E-state index in [2.05, 4.69) is 10.0 Å². The van der Waals surface area contributed by atoms with Crippen LogP contribution in [0.1, 0.15) is 99.0 Å². The lowest BCUT2D eigenvalue weighted by Gasteiger charge is -2.41. The van der Waals surface area contributed by atoms with Crippen LogP contribution in [0.4, 0.5) is 0 Å². The van der Waals surface area contributed by atoms with Crippen molar-refractivity contribution in [2.45, 2.75) is 142 Å². The molecule has 0 unspecified atom stereocenters. The number of rotatable bonds is 25. The highest BCUT2D eigenvalue weighted by Gasteiger charge is 2.46. The van der Waals surface area contributed by atoms with Crippen molar-refractivity contribution in [3.8, 4) is 0 Å². The number of methoxy groups -OCH3 is 2. The molecule has 0 radical (unpaired) electrons. The third-order valence-electron chi connectivity index (χ3n) is 12.6. The van der Waals surface area contributed by atoms with Crippen molar-refractivity contribution in [3.05, 3.63) is 35.9 Å². The molecule has 1 heterocycles. The van der Waals surface area contributed by atoms with Gasteiger partial charge in [-0.3, -0.25) is 28.7 Å². The Hall–Kier alpha value is -3.24. The van der Waals surface area contributed by atoms with E-state index in [1.54, 1.807) is 25.9 Å². The normalized spacial score (nSPS) is 21.3. The number of benzene rings is 1. The molecule has 15 heteroatoms. The standard InChI is InChI=1S/C44H72N4O10S/c1-12-28(6)41(47(9)44(54)34(26(2)3)23-37(51)40(45-8)27(4)5)38(57-10)24-39(52)48-25-32(49)22-35(48)42(58-11)29(7)36(50)21-31(20-30-16-14-13-15-17-30)43(53)46-59(55,56)33-18-19-33/h13-17,26-29,31-35,38,40-42,45,49H,12,18-25H2,1-11H3,(H,46,53)/t28-,29-,31+,32+,34-,35-,38+,40-,41-,42+/m0/s1. The molecule has 14 nitrogen and oxygen atoms in total. The van der Waals surface area contributed by atoms with Crippen LogP contribution in [0.3, 0.4) is 0 Å². The van der Waals surface area contributed by atoms with Crippen molar-refractivity contribution in [2.75, 3.05) is 34.9 Å². The number of likely N-dealkylation sites (N-methyl/N-ethyl adjacent to an activating group) is 2. The first kappa shape index (κ1) is 50.1. The number of carbonyl (C=O) groups is 5. The number of sulfonamides is 1. The summed E-state index contributed by atoms with van der Waals surface area (Å²) in [6.45, 7) is 13.4. The third kappa shape index (κ3) is 13.4. The van der Waals surface area contributed by atoms with Crippen LogP contribution in [0.2, 0.25) is 0 Å². The number of carbonyl (C=O) groups excluding carboxylic acids is 5. The molecule has 1 aliphatic heterocycles. The second-order valence-corrected chi connectivity index (χ2v) is 19.6. The van der Waals surface area contributed by atoms with Gasteiger partial charge in [0.1, 0.15) is 5.78 Å². The number of nitrogens with zero attached hydrogens (tertiary/aromatic N) is 2. The van der Waals surface area contributed by atoms with Crippen LogP contribution < -0.4 is 10.0 Å². The molecular formula is C44H72N4O10S. The monoisotopic (exact) mass is 848 g/mol. The van der Waals surface area contributed by atoms with Gasteiger partial charge in [-0.25, -0.2) is 8.42 Å². The smallest absolute Gasteiger partial charge is 0.237 e. The van der Waals surface area contributed by atoms with Crippen LogP contribution in [0.25, 0.3) is 0 Å². The molecule has 10 atom stereocenters. The maximum absolute atomic E-state index is 14.3. The zero-order chi connectivity index (χ0) is 44.4. The van der Waals surface area contributed by atoms with E-state index in [1.807, 2.05) is 71.9 Å². The minimum Gasteiger partial charge on any atom is -0.391 e. The largest absolute Gasteiger partial charge is 0.391 e. The number of amides is 3. The molecule has 3 rings (SSSR count). The van der Waals surface area contributed by atoms with Gasteiger partial charge in [0.15, 0.2) is 5.78 Å². The predicted molar refractivity (Wildman–Crippen MR) is 226 cm³/mol. The molecule has 59 heavy (non-hydrogen) atoms. The van der Waals surface area contributed by atoms with E-state index in [-0.39, 0.29) is 85.8 Å². The van der Waals surface area contributed by atoms with Gasteiger partial charge in [0.2, 0.25) is 27.7 Å². The minimum atomic E-state index is -3.85. The molecule has 2 aliphatic rings. The second kappa shape index (κ2) is 22.6. The molecule has 2 fully saturated rings. The van der Waals surface area contributed by atoms with Crippen LogP contribution >= 0.6 is 0 Å². The number of ketones is 2. The van der Waals surface area contributed by atoms with Crippen LogP contribution in [-0.2, 0) is 49.9 Å². The summed E-state index contributed by atoms with van der Waals surface area (Å²) in [7, 11) is 2.54. The zero-order valence-electron chi connectivity index (χ0n) is 37.2. The van der Waals surface area contributed by atoms with Crippen molar-refractivity contribution < 1.29 is 47.0 Å². The fraction of sp³-hybridized carbons (Fsp3) is 0.750. The van der Waals surface area contributed by atoms with Gasteiger partial charge in [0.25, 0.3) is 0 Å². The lowest BCUT2D eigenvalue weighted by atomic mass is 9.84. The summed E-state index contributed by atoms with van der Waals surface area (Å²) in [6.07, 6.45) is -0.851. The number of aliphatic hydroxyl groups excluding tert-OH is 1. The van der Waals surface area contributed by atoms with E-state index in [0.29, 0.717) is 19.3 Å². The quantitative estimate of drug-likeness (QED) is 0.130. The van der Waals surface area contributed by atoms with E-state index in [1.165, 1.54) is 19.1 Å². The Morgan fingerprint density at radius 2 is 1.54 bits per heavy atom. The van der Waals surface area contributed by atoms with Crippen molar-refractivity contribution in [2.24, 2.45) is 35.5 Å². The van der Waals surface area contributed by atoms with Crippen LogP contribution in [0.5, 0.6) is 0 Å². The Labute approximate surface area is 352 Å². The fourth-order valence-corrected chi connectivity index (χ4v) is 10.1. The number of hydrogen-bond acceptors (Lipinski definition) is 11. The number of likely N-dealkylation sites (tertiary alicyclic amines) is 1. The summed E-state index contributed by atoms with van der Waals surface area (Å²) in [6, 6.07) is 7.46. The SMILES string of the molecule is CC[C@H](C)[C@@H]([C@@H](CC(=O)N1C[C@H](O)C[C@H]1[C@H](OC)[C@@H](C)C(=O)C[C@@H](Cc1ccccc1)C(=O)NS(=O)(=O)C1CC1)OC)N(C)C(=O)[C@@H](CC(=O)[C@@H](NC)C(C)C)C(C)C. The predicted octanol–water partition coefficient (Wildman–Crippen LogP) is 3.78. The van der Waals surface area contributed by atoms with Crippen LogP contribution in [-0.4, -0.2) is 129 Å². The molecule has 1 saturated carbocycles. The fourth-order valence-electron chi connectivity index (χ4n) is 8.69. The maximum atomic E-state index is 14.3. The molecule has 3 N–H and O–H groups in total. The number of β-amino-alcohol motifs (C(OH)–C–C–N with tert-alkyl or cyclic N) is 1. The number of Topliss-reactive ketones (excluding diaryl/α,β-unsaturated/α-hetero) is 2. The molecule has 1 aromatic carbocycles. The van der Waals surface area contributed by atoms with Gasteiger partial charge in [-0.05, 0) is 56.0 Å². The number of hydrogen-bond donors (Lipinski definition) is 3. The van der Waals surface area contributed by atoms with Gasteiger partial charge in [-0.15, -0.1) is 0 Å². The summed E-state index contributed by atoms with van der Waals surface area (Å²) in [5.41, 5.74) is 0.772. The number of nitrogens with one attached hydrogen (secondary N) is 2. The van der Waals surface area contributed by atoms with Crippen LogP contribution in [0.15, 0.2) is 30.3 Å². The summed E-state index contributed by atoms with van der Waals surface area (Å²) in [5.74, 6) is -4.20. The topological polar surface area (TPSA) is 189 Å². The van der Waals surface area contributed by atoms with E-state index in [9.17, 15) is 37.5 Å². The second-order valence-electron chi connectivity index (χ2n) is 17.6. The van der Waals surface area contributed by atoms with Gasteiger partial charge in [0.05, 0.1) is 48.1 Å². The first-order chi connectivity index (χ1) is 27.7. The molecule has 1 saturated heterocycles. The lowest BCUT2D eigenvalue weighted by molar-refractivity contribution is -0.149. The first-order valence-corrected chi connectivity index (χ1v) is 22.9. The van der Waals surface area contributed by atoms with E-state index >= 15 is 0 Å². The summed E-state index contributed by atoms with van der Waals surface area (Å²) < 4.78 is 39.5. The van der Waals surface area contributed by atoms with Crippen molar-refractivity contribution in [1.82, 2.24) is 19.8 Å². The average Bonchev–Trinajstić information content (AvgIpc) is 3.99. The Bertz CT molecular complexity index is 1670. The highest BCUT2D eigenvalue weighted by atomic mass is 32.2. The van der Waals surface area contributed by atoms with E-state index < -0.39 is 69.3 Å². The van der Waals surface area contributed by atoms with Gasteiger partial charge >= 0.3 is 0 Å². The summed E-state index contributed by atoms with van der Waals surface area (Å²) in [5, 5.41) is 13.4. The Kier molecular flexibility index (Phi) is 19.2. The Balaban J connectivity index is 1.83. The number of aliphatic hydroxyl groups is 1. The lowest BCUT2D eigenvalue weighted by Crippen LogP contribution is -2.54. The van der Waals surface area contributed by atoms with Gasteiger partial charge in [0, 0.05) is 58.4 Å². The van der Waals surface area contributed by atoms with E-state index in [0.717, 1.165) is 5.56 Å². The molecule has 0 spiro atoms. The molecular weight excluding hydrogens is 777 g/mol. The molecule has 1 aliphatic carbocycles. The zero-order valence-corrected chi connectivity index (χ0v) is 38.0. The van der Waals surface area contributed by atoms with Crippen molar-refractivity contribution in [1.29, 1.82) is 0 Å².